The number of fused-ring (bicyclic) bond motifs is 1. The van der Waals surface area contributed by atoms with Crippen molar-refractivity contribution in [2.75, 3.05) is 6.61 Å². The molecule has 1 aliphatic rings. The monoisotopic (exact) mass is 341 g/mol. The van der Waals surface area contributed by atoms with Crippen molar-refractivity contribution in [3.05, 3.63) is 71.0 Å². The summed E-state index contributed by atoms with van der Waals surface area (Å²) in [7, 11) is 0. The molecule has 1 aromatic carbocycles. The smallest absolute Gasteiger partial charge is 0.255 e. The number of hydrogen-bond acceptors (Lipinski definition) is 3. The van der Waals surface area contributed by atoms with Crippen molar-refractivity contribution < 1.29 is 9.53 Å². The Balaban J connectivity index is 1.55. The Kier molecular flexibility index (Phi) is 3.96. The van der Waals surface area contributed by atoms with Gasteiger partial charge in [0.15, 0.2) is 0 Å². The highest BCUT2D eigenvalue weighted by Crippen LogP contribution is 2.30. The van der Waals surface area contributed by atoms with Gasteiger partial charge in [-0.3, -0.25) is 4.79 Å². The SMILES string of the molecule is O=C(N[C@H]1CCO[C@H]1c1ccc(Cl)cc1)c1cnn2ccccc12. The van der Waals surface area contributed by atoms with Gasteiger partial charge in [-0.25, -0.2) is 4.52 Å². The number of hydrogen-bond donors (Lipinski definition) is 1. The number of ether oxygens (including phenoxy) is 1. The highest BCUT2D eigenvalue weighted by Gasteiger charge is 2.31. The van der Waals surface area contributed by atoms with Crippen molar-refractivity contribution in [3.63, 3.8) is 0 Å². The lowest BCUT2D eigenvalue weighted by Crippen LogP contribution is -2.36. The van der Waals surface area contributed by atoms with Gasteiger partial charge in [0.05, 0.1) is 23.3 Å². The van der Waals surface area contributed by atoms with Gasteiger partial charge >= 0.3 is 0 Å². The highest BCUT2D eigenvalue weighted by molar-refractivity contribution is 6.30. The van der Waals surface area contributed by atoms with E-state index in [0.717, 1.165) is 17.5 Å². The number of aromatic nitrogens is 2. The van der Waals surface area contributed by atoms with Gasteiger partial charge in [0.2, 0.25) is 0 Å². The van der Waals surface area contributed by atoms with Gasteiger partial charge in [0.1, 0.15) is 6.10 Å². The van der Waals surface area contributed by atoms with E-state index in [9.17, 15) is 4.79 Å². The largest absolute Gasteiger partial charge is 0.371 e. The fourth-order valence-electron chi connectivity index (χ4n) is 3.07. The van der Waals surface area contributed by atoms with Gasteiger partial charge in [-0.15, -0.1) is 0 Å². The van der Waals surface area contributed by atoms with Crippen LogP contribution in [0.25, 0.3) is 5.52 Å². The third kappa shape index (κ3) is 2.77. The third-order valence-electron chi connectivity index (χ3n) is 4.28. The van der Waals surface area contributed by atoms with Crippen LogP contribution in [0.15, 0.2) is 54.9 Å². The maximum atomic E-state index is 12.7. The zero-order valence-electron chi connectivity index (χ0n) is 12.9. The van der Waals surface area contributed by atoms with E-state index in [0.29, 0.717) is 17.2 Å². The van der Waals surface area contributed by atoms with E-state index >= 15 is 0 Å². The summed E-state index contributed by atoms with van der Waals surface area (Å²) >= 11 is 5.94. The number of benzene rings is 1. The summed E-state index contributed by atoms with van der Waals surface area (Å²) in [6, 6.07) is 13.1. The minimum absolute atomic E-state index is 0.0719. The molecule has 1 saturated heterocycles. The second-order valence-electron chi connectivity index (χ2n) is 5.80. The molecule has 0 saturated carbocycles. The van der Waals surface area contributed by atoms with E-state index < -0.39 is 0 Å². The number of halogens is 1. The Bertz CT molecular complexity index is 875. The predicted molar refractivity (Wildman–Crippen MR) is 91.2 cm³/mol. The zero-order chi connectivity index (χ0) is 16.5. The molecule has 1 N–H and O–H groups in total. The van der Waals surface area contributed by atoms with E-state index in [1.165, 1.54) is 0 Å². The molecule has 24 heavy (non-hydrogen) atoms. The lowest BCUT2D eigenvalue weighted by molar-refractivity contribution is 0.0823. The second-order valence-corrected chi connectivity index (χ2v) is 6.24. The second kappa shape index (κ2) is 6.26. The normalized spacial score (nSPS) is 20.4. The molecule has 122 valence electrons. The van der Waals surface area contributed by atoms with Crippen molar-refractivity contribution in [2.24, 2.45) is 0 Å². The summed E-state index contributed by atoms with van der Waals surface area (Å²) in [6.07, 6.45) is 4.03. The van der Waals surface area contributed by atoms with Gasteiger partial charge < -0.3 is 10.1 Å². The molecule has 1 fully saturated rings. The first-order valence-electron chi connectivity index (χ1n) is 7.83. The number of amides is 1. The number of rotatable bonds is 3. The summed E-state index contributed by atoms with van der Waals surface area (Å²) < 4.78 is 7.51. The molecule has 3 heterocycles. The quantitative estimate of drug-likeness (QED) is 0.795. The Morgan fingerprint density at radius 2 is 2.08 bits per heavy atom. The summed E-state index contributed by atoms with van der Waals surface area (Å²) in [5.41, 5.74) is 2.37. The summed E-state index contributed by atoms with van der Waals surface area (Å²) in [4.78, 5) is 12.7. The number of pyridine rings is 1. The van der Waals surface area contributed by atoms with Gasteiger partial charge in [-0.2, -0.15) is 5.10 Å². The average molecular weight is 342 g/mol. The van der Waals surface area contributed by atoms with Crippen LogP contribution in [-0.4, -0.2) is 28.2 Å². The van der Waals surface area contributed by atoms with Crippen LogP contribution < -0.4 is 5.32 Å². The van der Waals surface area contributed by atoms with Crippen LogP contribution >= 0.6 is 11.6 Å². The van der Waals surface area contributed by atoms with Crippen LogP contribution in [0.5, 0.6) is 0 Å². The minimum atomic E-state index is -0.159. The van der Waals surface area contributed by atoms with Crippen LogP contribution in [0.4, 0.5) is 0 Å². The summed E-state index contributed by atoms with van der Waals surface area (Å²) in [5.74, 6) is -0.134. The third-order valence-corrected chi connectivity index (χ3v) is 4.53. The summed E-state index contributed by atoms with van der Waals surface area (Å²) in [6.45, 7) is 0.618. The molecule has 0 radical (unpaired) electrons. The van der Waals surface area contributed by atoms with E-state index in [4.69, 9.17) is 16.3 Å². The lowest BCUT2D eigenvalue weighted by atomic mass is 10.0. The molecule has 2 atom stereocenters. The van der Waals surface area contributed by atoms with Crippen molar-refractivity contribution >= 4 is 23.0 Å². The number of carbonyl (C=O) groups excluding carboxylic acids is 1. The molecule has 0 bridgehead atoms. The Morgan fingerprint density at radius 1 is 1.25 bits per heavy atom. The number of nitrogens with zero attached hydrogens (tertiary/aromatic N) is 2. The van der Waals surface area contributed by atoms with Crippen LogP contribution in [0.1, 0.15) is 28.4 Å². The first-order chi connectivity index (χ1) is 11.7. The molecular weight excluding hydrogens is 326 g/mol. The highest BCUT2D eigenvalue weighted by atomic mass is 35.5. The van der Waals surface area contributed by atoms with Gasteiger partial charge in [0.25, 0.3) is 5.91 Å². The first kappa shape index (κ1) is 15.2. The fourth-order valence-corrected chi connectivity index (χ4v) is 3.20. The molecule has 0 unspecified atom stereocenters. The van der Waals surface area contributed by atoms with Gasteiger partial charge in [0, 0.05) is 17.8 Å². The number of nitrogens with one attached hydrogen (secondary N) is 1. The molecule has 3 aromatic rings. The van der Waals surface area contributed by atoms with Crippen molar-refractivity contribution in [1.29, 1.82) is 0 Å². The van der Waals surface area contributed by atoms with Gasteiger partial charge in [-0.1, -0.05) is 29.8 Å². The molecule has 1 amide bonds. The lowest BCUT2D eigenvalue weighted by Gasteiger charge is -2.20. The topological polar surface area (TPSA) is 55.6 Å². The molecule has 1 aliphatic heterocycles. The van der Waals surface area contributed by atoms with Gasteiger partial charge in [-0.05, 0) is 36.2 Å². The maximum absolute atomic E-state index is 12.7. The maximum Gasteiger partial charge on any atom is 0.255 e. The summed E-state index contributed by atoms with van der Waals surface area (Å²) in [5, 5.41) is 7.98. The standard InChI is InChI=1S/C18H16ClN3O2/c19-13-6-4-12(5-7-13)17-15(8-10-24-17)21-18(23)14-11-20-22-9-2-1-3-16(14)22/h1-7,9,11,15,17H,8,10H2,(H,21,23)/t15-,17-/m0/s1. The van der Waals surface area contributed by atoms with Crippen LogP contribution in [0, 0.1) is 0 Å². The Labute approximate surface area is 144 Å². The van der Waals surface area contributed by atoms with Crippen molar-refractivity contribution in [2.45, 2.75) is 18.6 Å². The molecule has 2 aromatic heterocycles. The van der Waals surface area contributed by atoms with Crippen molar-refractivity contribution in [3.8, 4) is 0 Å². The molecule has 0 aliphatic carbocycles. The molecule has 5 nitrogen and oxygen atoms in total. The fraction of sp³-hybridized carbons (Fsp3) is 0.222. The minimum Gasteiger partial charge on any atom is -0.371 e. The van der Waals surface area contributed by atoms with E-state index in [1.807, 2.05) is 48.7 Å². The first-order valence-corrected chi connectivity index (χ1v) is 8.20. The van der Waals surface area contributed by atoms with Crippen LogP contribution in [0.2, 0.25) is 5.02 Å². The van der Waals surface area contributed by atoms with Crippen LogP contribution in [0.3, 0.4) is 0 Å². The van der Waals surface area contributed by atoms with E-state index in [2.05, 4.69) is 10.4 Å². The average Bonchev–Trinajstić information content (AvgIpc) is 3.22. The predicted octanol–water partition coefficient (Wildman–Crippen LogP) is 3.25. The molecule has 6 heteroatoms. The zero-order valence-corrected chi connectivity index (χ0v) is 13.6. The van der Waals surface area contributed by atoms with Crippen molar-refractivity contribution in [1.82, 2.24) is 14.9 Å². The molecular formula is C18H16ClN3O2. The Hall–Kier alpha value is -2.37. The molecule has 4 rings (SSSR count). The van der Waals surface area contributed by atoms with E-state index in [-0.39, 0.29) is 18.1 Å². The molecule has 0 spiro atoms. The Morgan fingerprint density at radius 3 is 2.92 bits per heavy atom. The van der Waals surface area contributed by atoms with E-state index in [1.54, 1.807) is 10.7 Å². The number of carbonyl (C=O) groups is 1. The van der Waals surface area contributed by atoms with Crippen LogP contribution in [-0.2, 0) is 4.74 Å².